The summed E-state index contributed by atoms with van der Waals surface area (Å²) >= 11 is 0. The number of anilines is 1. The summed E-state index contributed by atoms with van der Waals surface area (Å²) in [4.78, 5) is 11.7. The zero-order valence-electron chi connectivity index (χ0n) is 10.9. The third kappa shape index (κ3) is 2.38. The highest BCUT2D eigenvalue weighted by atomic mass is 16.4. The van der Waals surface area contributed by atoms with Gasteiger partial charge in [-0.05, 0) is 32.0 Å². The number of rotatable bonds is 3. The molecule has 20 heavy (non-hydrogen) atoms. The van der Waals surface area contributed by atoms with Gasteiger partial charge in [0.25, 0.3) is 0 Å². The second kappa shape index (κ2) is 5.29. The highest BCUT2D eigenvalue weighted by Crippen LogP contribution is 2.21. The Morgan fingerprint density at radius 3 is 2.70 bits per heavy atom. The number of hydrazone groups is 1. The van der Waals surface area contributed by atoms with Crippen molar-refractivity contribution in [3.05, 3.63) is 28.7 Å². The Balaban J connectivity index is 2.47. The van der Waals surface area contributed by atoms with Crippen LogP contribution in [0.2, 0.25) is 0 Å². The molecule has 0 aliphatic carbocycles. The van der Waals surface area contributed by atoms with Gasteiger partial charge in [-0.2, -0.15) is 15.6 Å². The molecule has 0 spiro atoms. The number of nitriles is 2. The van der Waals surface area contributed by atoms with Gasteiger partial charge in [0.15, 0.2) is 5.58 Å². The van der Waals surface area contributed by atoms with Crippen molar-refractivity contribution in [3.8, 4) is 12.1 Å². The number of hydrogen-bond donors (Lipinski definition) is 1. The van der Waals surface area contributed by atoms with Crippen LogP contribution in [0.4, 0.5) is 5.69 Å². The molecule has 0 saturated heterocycles. The molecule has 1 aromatic heterocycles. The van der Waals surface area contributed by atoms with Gasteiger partial charge in [0, 0.05) is 6.04 Å². The number of hydrogen-bond acceptors (Lipinski definition) is 6. The maximum absolute atomic E-state index is 11.7. The van der Waals surface area contributed by atoms with Crippen molar-refractivity contribution in [2.75, 3.05) is 5.43 Å². The van der Waals surface area contributed by atoms with E-state index in [1.54, 1.807) is 30.3 Å². The van der Waals surface area contributed by atoms with Crippen LogP contribution in [0.5, 0.6) is 0 Å². The second-order valence-electron chi connectivity index (χ2n) is 4.31. The Labute approximate surface area is 114 Å². The van der Waals surface area contributed by atoms with Gasteiger partial charge in [0.2, 0.25) is 5.71 Å². The number of fused-ring (bicyclic) bond motifs is 1. The average molecular weight is 269 g/mol. The highest BCUT2D eigenvalue weighted by molar-refractivity contribution is 6.10. The van der Waals surface area contributed by atoms with Crippen molar-refractivity contribution in [2.24, 2.45) is 5.10 Å². The number of aromatic nitrogens is 1. The second-order valence-corrected chi connectivity index (χ2v) is 4.31. The van der Waals surface area contributed by atoms with Gasteiger partial charge in [0.05, 0.1) is 11.2 Å². The summed E-state index contributed by atoms with van der Waals surface area (Å²) in [6.07, 6.45) is 0. The predicted molar refractivity (Wildman–Crippen MR) is 73.1 cm³/mol. The van der Waals surface area contributed by atoms with Gasteiger partial charge in [-0.15, -0.1) is 0 Å². The van der Waals surface area contributed by atoms with Crippen molar-refractivity contribution in [2.45, 2.75) is 19.9 Å². The predicted octanol–water partition coefficient (Wildman–Crippen LogP) is 1.99. The van der Waals surface area contributed by atoms with E-state index in [9.17, 15) is 4.79 Å². The number of nitrogens with one attached hydrogen (secondary N) is 1. The largest absolute Gasteiger partial charge is 0.420 e. The lowest BCUT2D eigenvalue weighted by atomic mass is 10.2. The summed E-state index contributed by atoms with van der Waals surface area (Å²) in [6, 6.07) is 8.20. The van der Waals surface area contributed by atoms with Crippen molar-refractivity contribution >= 4 is 22.5 Å². The SMILES string of the molecule is CC(C)n1c(=O)oc2ccc(NN=C(C#N)C#N)cc21. The van der Waals surface area contributed by atoms with E-state index in [-0.39, 0.29) is 11.8 Å². The van der Waals surface area contributed by atoms with Crippen LogP contribution in [-0.4, -0.2) is 10.3 Å². The normalized spacial score (nSPS) is 10.1. The lowest BCUT2D eigenvalue weighted by Crippen LogP contribution is -2.15. The molecule has 100 valence electrons. The molecule has 0 unspecified atom stereocenters. The standard InChI is InChI=1S/C13H11N5O2/c1-8(2)18-11-5-9(16-17-10(6-14)7-15)3-4-12(11)20-13(18)19/h3-5,8,16H,1-2H3. The fraction of sp³-hybridized carbons (Fsp3) is 0.231. The van der Waals surface area contributed by atoms with E-state index in [4.69, 9.17) is 14.9 Å². The number of oxazole rings is 1. The van der Waals surface area contributed by atoms with Gasteiger partial charge >= 0.3 is 5.76 Å². The first-order valence-corrected chi connectivity index (χ1v) is 5.85. The topological polar surface area (TPSA) is 107 Å². The molecule has 1 aromatic carbocycles. The van der Waals surface area contributed by atoms with Gasteiger partial charge in [-0.25, -0.2) is 4.79 Å². The molecular weight excluding hydrogens is 258 g/mol. The minimum atomic E-state index is -0.426. The van der Waals surface area contributed by atoms with E-state index in [2.05, 4.69) is 10.5 Å². The maximum atomic E-state index is 11.7. The molecule has 0 bridgehead atoms. The van der Waals surface area contributed by atoms with Crippen molar-refractivity contribution in [1.82, 2.24) is 4.57 Å². The molecule has 0 radical (unpaired) electrons. The Kier molecular flexibility index (Phi) is 3.54. The Hall–Kier alpha value is -3.06. The van der Waals surface area contributed by atoms with E-state index in [0.717, 1.165) is 0 Å². The Morgan fingerprint density at radius 1 is 1.40 bits per heavy atom. The van der Waals surface area contributed by atoms with Crippen LogP contribution in [0.3, 0.4) is 0 Å². The van der Waals surface area contributed by atoms with Crippen LogP contribution < -0.4 is 11.2 Å². The molecule has 7 nitrogen and oxygen atoms in total. The van der Waals surface area contributed by atoms with E-state index in [1.807, 2.05) is 13.8 Å². The molecule has 0 saturated carbocycles. The number of nitrogens with zero attached hydrogens (tertiary/aromatic N) is 4. The van der Waals surface area contributed by atoms with Crippen LogP contribution in [0.15, 0.2) is 32.5 Å². The Bertz CT molecular complexity index is 798. The molecule has 0 aliphatic heterocycles. The molecule has 0 aliphatic rings. The number of benzene rings is 1. The monoisotopic (exact) mass is 269 g/mol. The summed E-state index contributed by atoms with van der Waals surface area (Å²) in [5.41, 5.74) is 3.97. The molecule has 0 amide bonds. The van der Waals surface area contributed by atoms with Gasteiger partial charge in [-0.3, -0.25) is 9.99 Å². The summed E-state index contributed by atoms with van der Waals surface area (Å²) in [5.74, 6) is -0.426. The molecule has 1 N–H and O–H groups in total. The van der Waals surface area contributed by atoms with E-state index >= 15 is 0 Å². The first-order chi connectivity index (χ1) is 9.56. The van der Waals surface area contributed by atoms with Crippen LogP contribution in [0.1, 0.15) is 19.9 Å². The van der Waals surface area contributed by atoms with Crippen molar-refractivity contribution < 1.29 is 4.42 Å². The van der Waals surface area contributed by atoms with Crippen LogP contribution in [-0.2, 0) is 0 Å². The summed E-state index contributed by atoms with van der Waals surface area (Å²) in [7, 11) is 0. The van der Waals surface area contributed by atoms with Gasteiger partial charge in [-0.1, -0.05) is 0 Å². The quantitative estimate of drug-likeness (QED) is 0.677. The fourth-order valence-electron chi connectivity index (χ4n) is 1.79. The average Bonchev–Trinajstić information content (AvgIpc) is 2.75. The van der Waals surface area contributed by atoms with Gasteiger partial charge in [0.1, 0.15) is 12.1 Å². The minimum Gasteiger partial charge on any atom is -0.408 e. The van der Waals surface area contributed by atoms with Crippen molar-refractivity contribution in [1.29, 1.82) is 10.5 Å². The summed E-state index contributed by atoms with van der Waals surface area (Å²) in [5, 5.41) is 20.8. The molecule has 2 aromatic rings. The zero-order valence-corrected chi connectivity index (χ0v) is 10.9. The van der Waals surface area contributed by atoms with Crippen LogP contribution in [0.25, 0.3) is 11.1 Å². The fourth-order valence-corrected chi connectivity index (χ4v) is 1.79. The summed E-state index contributed by atoms with van der Waals surface area (Å²) < 4.78 is 6.64. The third-order valence-corrected chi connectivity index (χ3v) is 2.64. The Morgan fingerprint density at radius 2 is 2.10 bits per heavy atom. The summed E-state index contributed by atoms with van der Waals surface area (Å²) in [6.45, 7) is 3.75. The molecule has 2 rings (SSSR count). The van der Waals surface area contributed by atoms with Crippen LogP contribution in [0, 0.1) is 22.7 Å². The zero-order chi connectivity index (χ0) is 14.7. The first kappa shape index (κ1) is 13.4. The molecule has 7 heteroatoms. The molecule has 1 heterocycles. The van der Waals surface area contributed by atoms with E-state index in [1.165, 1.54) is 4.57 Å². The molecular formula is C13H11N5O2. The molecule has 0 atom stereocenters. The third-order valence-electron chi connectivity index (χ3n) is 2.64. The lowest BCUT2D eigenvalue weighted by molar-refractivity contribution is 0.478. The van der Waals surface area contributed by atoms with Crippen LogP contribution >= 0.6 is 0 Å². The minimum absolute atomic E-state index is 0.0451. The highest BCUT2D eigenvalue weighted by Gasteiger charge is 2.12. The molecule has 0 fully saturated rings. The lowest BCUT2D eigenvalue weighted by Gasteiger charge is -2.06. The maximum Gasteiger partial charge on any atom is 0.420 e. The van der Waals surface area contributed by atoms with Crippen molar-refractivity contribution in [3.63, 3.8) is 0 Å². The van der Waals surface area contributed by atoms with E-state index in [0.29, 0.717) is 16.8 Å². The smallest absolute Gasteiger partial charge is 0.408 e. The van der Waals surface area contributed by atoms with Gasteiger partial charge < -0.3 is 4.42 Å². The van der Waals surface area contributed by atoms with E-state index < -0.39 is 5.76 Å². The first-order valence-electron chi connectivity index (χ1n) is 5.85.